The molecule has 2 rings (SSSR count). The molecule has 2 aromatic rings. The van der Waals surface area contributed by atoms with Crippen molar-refractivity contribution in [3.05, 3.63) is 58.9 Å². The Morgan fingerprint density at radius 2 is 1.81 bits per heavy atom. The van der Waals surface area contributed by atoms with Gasteiger partial charge in [-0.1, -0.05) is 6.07 Å². The summed E-state index contributed by atoms with van der Waals surface area (Å²) in [4.78, 5) is 0. The van der Waals surface area contributed by atoms with Gasteiger partial charge in [-0.25, -0.2) is 4.39 Å². The van der Waals surface area contributed by atoms with Crippen LogP contribution in [0.25, 0.3) is 0 Å². The third-order valence-electron chi connectivity index (χ3n) is 3.44. The number of benzene rings is 2. The van der Waals surface area contributed by atoms with Gasteiger partial charge in [-0.3, -0.25) is 0 Å². The highest BCUT2D eigenvalue weighted by atomic mass is 19.1. The van der Waals surface area contributed by atoms with E-state index in [-0.39, 0.29) is 11.9 Å². The van der Waals surface area contributed by atoms with E-state index < -0.39 is 0 Å². The van der Waals surface area contributed by atoms with Gasteiger partial charge in [0, 0.05) is 11.6 Å². The van der Waals surface area contributed by atoms with Gasteiger partial charge in [-0.05, 0) is 49.4 Å². The summed E-state index contributed by atoms with van der Waals surface area (Å²) in [6, 6.07) is 10.5. The van der Waals surface area contributed by atoms with Crippen LogP contribution < -0.4 is 14.8 Å². The number of nitrogens with one attached hydrogen (secondary N) is 1. The van der Waals surface area contributed by atoms with E-state index in [1.165, 1.54) is 12.1 Å². The molecule has 0 heterocycles. The van der Waals surface area contributed by atoms with Gasteiger partial charge in [0.25, 0.3) is 0 Å². The Kier molecular flexibility index (Phi) is 4.81. The van der Waals surface area contributed by atoms with Crippen LogP contribution >= 0.6 is 0 Å². The zero-order valence-corrected chi connectivity index (χ0v) is 12.7. The molecule has 0 aromatic heterocycles. The van der Waals surface area contributed by atoms with E-state index in [2.05, 4.69) is 5.32 Å². The maximum absolute atomic E-state index is 13.7. The largest absolute Gasteiger partial charge is 0.497 e. The van der Waals surface area contributed by atoms with Crippen molar-refractivity contribution in [2.24, 2.45) is 0 Å². The van der Waals surface area contributed by atoms with Crippen molar-refractivity contribution in [3.8, 4) is 11.5 Å². The summed E-state index contributed by atoms with van der Waals surface area (Å²) in [5.41, 5.74) is 2.68. The van der Waals surface area contributed by atoms with E-state index in [1.54, 1.807) is 14.2 Å². The first-order chi connectivity index (χ1) is 10.1. The van der Waals surface area contributed by atoms with E-state index in [1.807, 2.05) is 38.2 Å². The summed E-state index contributed by atoms with van der Waals surface area (Å²) in [6.07, 6.45) is 0. The van der Waals surface area contributed by atoms with Gasteiger partial charge in [-0.15, -0.1) is 0 Å². The lowest BCUT2D eigenvalue weighted by Crippen LogP contribution is -2.18. The fraction of sp³-hybridized carbons (Fsp3) is 0.294. The minimum Gasteiger partial charge on any atom is -0.497 e. The van der Waals surface area contributed by atoms with Gasteiger partial charge in [0.2, 0.25) is 0 Å². The van der Waals surface area contributed by atoms with Crippen molar-refractivity contribution >= 4 is 0 Å². The van der Waals surface area contributed by atoms with Crippen molar-refractivity contribution in [2.75, 3.05) is 21.3 Å². The van der Waals surface area contributed by atoms with Crippen molar-refractivity contribution < 1.29 is 13.9 Å². The zero-order chi connectivity index (χ0) is 15.4. The molecule has 1 N–H and O–H groups in total. The topological polar surface area (TPSA) is 30.5 Å². The summed E-state index contributed by atoms with van der Waals surface area (Å²) in [5.74, 6) is 1.19. The highest BCUT2D eigenvalue weighted by Gasteiger charge is 2.18. The Morgan fingerprint density at radius 1 is 1.05 bits per heavy atom. The average molecular weight is 289 g/mol. The smallest absolute Gasteiger partial charge is 0.127 e. The molecule has 2 aromatic carbocycles. The molecule has 21 heavy (non-hydrogen) atoms. The van der Waals surface area contributed by atoms with Crippen molar-refractivity contribution in [2.45, 2.75) is 13.0 Å². The van der Waals surface area contributed by atoms with E-state index >= 15 is 0 Å². The molecule has 0 radical (unpaired) electrons. The fourth-order valence-electron chi connectivity index (χ4n) is 2.49. The third kappa shape index (κ3) is 3.34. The maximum Gasteiger partial charge on any atom is 0.127 e. The lowest BCUT2D eigenvalue weighted by Gasteiger charge is -2.21. The summed E-state index contributed by atoms with van der Waals surface area (Å²) in [7, 11) is 5.07. The molecule has 4 heteroatoms. The van der Waals surface area contributed by atoms with Crippen LogP contribution in [0.3, 0.4) is 0 Å². The summed E-state index contributed by atoms with van der Waals surface area (Å²) in [5, 5.41) is 3.21. The molecule has 0 amide bonds. The van der Waals surface area contributed by atoms with Gasteiger partial charge in [0.15, 0.2) is 0 Å². The molecule has 0 saturated heterocycles. The van der Waals surface area contributed by atoms with Crippen LogP contribution in [-0.2, 0) is 0 Å². The highest BCUT2D eigenvalue weighted by molar-refractivity contribution is 5.46. The van der Waals surface area contributed by atoms with Crippen LogP contribution in [-0.4, -0.2) is 21.3 Å². The second kappa shape index (κ2) is 6.59. The lowest BCUT2D eigenvalue weighted by atomic mass is 9.96. The SMILES string of the molecule is CNC(c1cc(C)cc(F)c1)c1ccc(OC)cc1OC. The highest BCUT2D eigenvalue weighted by Crippen LogP contribution is 2.33. The molecule has 0 saturated carbocycles. The van der Waals surface area contributed by atoms with Gasteiger partial charge >= 0.3 is 0 Å². The van der Waals surface area contributed by atoms with E-state index in [0.717, 1.165) is 22.4 Å². The summed E-state index contributed by atoms with van der Waals surface area (Å²) in [6.45, 7) is 1.88. The maximum atomic E-state index is 13.7. The van der Waals surface area contributed by atoms with Gasteiger partial charge in [0.1, 0.15) is 17.3 Å². The van der Waals surface area contributed by atoms with Crippen molar-refractivity contribution in [1.82, 2.24) is 5.32 Å². The number of rotatable bonds is 5. The molecule has 0 spiro atoms. The number of ether oxygens (including phenoxy) is 2. The number of halogens is 1. The molecule has 0 bridgehead atoms. The molecule has 3 nitrogen and oxygen atoms in total. The Hall–Kier alpha value is -2.07. The lowest BCUT2D eigenvalue weighted by molar-refractivity contribution is 0.388. The molecule has 1 atom stereocenters. The van der Waals surface area contributed by atoms with Crippen LogP contribution in [0.5, 0.6) is 11.5 Å². The monoisotopic (exact) mass is 289 g/mol. The zero-order valence-electron chi connectivity index (χ0n) is 12.7. The molecular weight excluding hydrogens is 269 g/mol. The number of hydrogen-bond donors (Lipinski definition) is 1. The minimum absolute atomic E-state index is 0.153. The standard InChI is InChI=1S/C17H20FNO2/c1-11-7-12(9-13(18)8-11)17(19-2)15-6-5-14(20-3)10-16(15)21-4/h5-10,17,19H,1-4H3. The van der Waals surface area contributed by atoms with Crippen molar-refractivity contribution in [3.63, 3.8) is 0 Å². The fourth-order valence-corrected chi connectivity index (χ4v) is 2.49. The summed E-state index contributed by atoms with van der Waals surface area (Å²) >= 11 is 0. The molecule has 112 valence electrons. The number of hydrogen-bond acceptors (Lipinski definition) is 3. The molecule has 0 fully saturated rings. The second-order valence-corrected chi connectivity index (χ2v) is 4.89. The van der Waals surface area contributed by atoms with Gasteiger partial charge < -0.3 is 14.8 Å². The van der Waals surface area contributed by atoms with Crippen molar-refractivity contribution in [1.29, 1.82) is 0 Å². The molecule has 1 unspecified atom stereocenters. The third-order valence-corrected chi connectivity index (χ3v) is 3.44. The molecule has 0 aliphatic rings. The quantitative estimate of drug-likeness (QED) is 0.914. The van der Waals surface area contributed by atoms with Crippen LogP contribution in [0, 0.1) is 12.7 Å². The normalized spacial score (nSPS) is 12.0. The molecule has 0 aliphatic heterocycles. The van der Waals surface area contributed by atoms with Gasteiger partial charge in [0.05, 0.1) is 20.3 Å². The predicted molar refractivity (Wildman–Crippen MR) is 81.6 cm³/mol. The average Bonchev–Trinajstić information content (AvgIpc) is 2.47. The Labute approximate surface area is 124 Å². The van der Waals surface area contributed by atoms with Crippen LogP contribution in [0.2, 0.25) is 0 Å². The second-order valence-electron chi connectivity index (χ2n) is 4.89. The predicted octanol–water partition coefficient (Wildman–Crippen LogP) is 3.46. The Balaban J connectivity index is 2.50. The Morgan fingerprint density at radius 3 is 2.38 bits per heavy atom. The number of aryl methyl sites for hydroxylation is 1. The first-order valence-corrected chi connectivity index (χ1v) is 6.75. The molecule has 0 aliphatic carbocycles. The first kappa shape index (κ1) is 15.3. The molecular formula is C17H20FNO2. The van der Waals surface area contributed by atoms with Crippen LogP contribution in [0.4, 0.5) is 4.39 Å². The van der Waals surface area contributed by atoms with E-state index in [0.29, 0.717) is 5.75 Å². The number of methoxy groups -OCH3 is 2. The first-order valence-electron chi connectivity index (χ1n) is 6.75. The Bertz CT molecular complexity index is 608. The van der Waals surface area contributed by atoms with Crippen LogP contribution in [0.1, 0.15) is 22.7 Å². The minimum atomic E-state index is -0.238. The van der Waals surface area contributed by atoms with Crippen LogP contribution in [0.15, 0.2) is 36.4 Å². The van der Waals surface area contributed by atoms with Gasteiger partial charge in [-0.2, -0.15) is 0 Å². The van der Waals surface area contributed by atoms with E-state index in [4.69, 9.17) is 9.47 Å². The summed E-state index contributed by atoms with van der Waals surface area (Å²) < 4.78 is 24.3. The van der Waals surface area contributed by atoms with E-state index in [9.17, 15) is 4.39 Å².